The van der Waals surface area contributed by atoms with Gasteiger partial charge in [-0.1, -0.05) is 0 Å². The van der Waals surface area contributed by atoms with Crippen molar-refractivity contribution in [2.45, 2.75) is 0 Å². The van der Waals surface area contributed by atoms with E-state index in [0.29, 0.717) is 5.69 Å². The van der Waals surface area contributed by atoms with Gasteiger partial charge in [0, 0.05) is 26.2 Å². The number of piperazine rings is 1. The van der Waals surface area contributed by atoms with Crippen LogP contribution in [0.25, 0.3) is 0 Å². The monoisotopic (exact) mass is 217 g/mol. The van der Waals surface area contributed by atoms with E-state index < -0.39 is 0 Å². The highest BCUT2D eigenvalue weighted by Gasteiger charge is 2.13. The topological polar surface area (TPSA) is 55.2 Å². The molecule has 5 nitrogen and oxygen atoms in total. The minimum absolute atomic E-state index is 0.448. The predicted octanol–water partition coefficient (Wildman–Crippen LogP) is 0.528. The molecule has 0 spiro atoms. The lowest BCUT2D eigenvalue weighted by molar-refractivity contribution is 0.179. The van der Waals surface area contributed by atoms with Crippen molar-refractivity contribution in [1.29, 1.82) is 5.26 Å². The van der Waals surface area contributed by atoms with Gasteiger partial charge in [-0.25, -0.2) is 9.99 Å². The SMILES string of the molecule is CN1CCN(Nc2ccc(C#N)nc2)CC1. The summed E-state index contributed by atoms with van der Waals surface area (Å²) in [5, 5.41) is 10.8. The van der Waals surface area contributed by atoms with Crippen LogP contribution in [0.15, 0.2) is 18.3 Å². The number of nitriles is 1. The molecule has 0 bridgehead atoms. The molecule has 1 saturated heterocycles. The molecule has 16 heavy (non-hydrogen) atoms. The van der Waals surface area contributed by atoms with E-state index in [4.69, 9.17) is 5.26 Å². The molecule has 5 heteroatoms. The lowest BCUT2D eigenvalue weighted by Gasteiger charge is -2.32. The Bertz CT molecular complexity index is 372. The fraction of sp³-hybridized carbons (Fsp3) is 0.455. The minimum atomic E-state index is 0.448. The van der Waals surface area contributed by atoms with Gasteiger partial charge in [-0.2, -0.15) is 5.26 Å². The molecular weight excluding hydrogens is 202 g/mol. The van der Waals surface area contributed by atoms with E-state index in [1.54, 1.807) is 12.3 Å². The number of rotatable bonds is 2. The van der Waals surface area contributed by atoms with Gasteiger partial charge in [0.1, 0.15) is 11.8 Å². The average molecular weight is 217 g/mol. The Labute approximate surface area is 95.3 Å². The summed E-state index contributed by atoms with van der Waals surface area (Å²) in [6.07, 6.45) is 1.69. The summed E-state index contributed by atoms with van der Waals surface area (Å²) in [4.78, 5) is 6.32. The maximum atomic E-state index is 8.63. The number of aromatic nitrogens is 1. The smallest absolute Gasteiger partial charge is 0.140 e. The number of hydrogen-bond donors (Lipinski definition) is 1. The second-order valence-electron chi connectivity index (χ2n) is 3.95. The maximum absolute atomic E-state index is 8.63. The molecule has 84 valence electrons. The van der Waals surface area contributed by atoms with Crippen LogP contribution in [0, 0.1) is 11.3 Å². The molecule has 1 aliphatic rings. The van der Waals surface area contributed by atoms with Gasteiger partial charge in [0.05, 0.1) is 11.9 Å². The van der Waals surface area contributed by atoms with Gasteiger partial charge in [-0.3, -0.25) is 0 Å². The zero-order valence-corrected chi connectivity index (χ0v) is 9.35. The molecule has 2 heterocycles. The number of nitrogens with one attached hydrogen (secondary N) is 1. The molecule has 1 fully saturated rings. The van der Waals surface area contributed by atoms with E-state index in [2.05, 4.69) is 27.4 Å². The third kappa shape index (κ3) is 2.69. The van der Waals surface area contributed by atoms with Gasteiger partial charge in [0.25, 0.3) is 0 Å². The Balaban J connectivity index is 1.91. The maximum Gasteiger partial charge on any atom is 0.140 e. The second kappa shape index (κ2) is 4.92. The van der Waals surface area contributed by atoms with E-state index in [0.717, 1.165) is 31.9 Å². The fourth-order valence-corrected chi connectivity index (χ4v) is 1.63. The average Bonchev–Trinajstić information content (AvgIpc) is 2.33. The molecule has 2 rings (SSSR count). The van der Waals surface area contributed by atoms with Gasteiger partial charge in [0.15, 0.2) is 0 Å². The Morgan fingerprint density at radius 1 is 1.31 bits per heavy atom. The quantitative estimate of drug-likeness (QED) is 0.783. The number of pyridine rings is 1. The third-order valence-corrected chi connectivity index (χ3v) is 2.67. The first kappa shape index (κ1) is 10.9. The second-order valence-corrected chi connectivity index (χ2v) is 3.95. The van der Waals surface area contributed by atoms with Crippen LogP contribution in [-0.4, -0.2) is 48.1 Å². The first-order valence-corrected chi connectivity index (χ1v) is 5.34. The van der Waals surface area contributed by atoms with Crippen LogP contribution >= 0.6 is 0 Å². The Hall–Kier alpha value is -1.64. The highest BCUT2D eigenvalue weighted by atomic mass is 15.5. The molecule has 0 atom stereocenters. The van der Waals surface area contributed by atoms with Gasteiger partial charge in [0.2, 0.25) is 0 Å². The summed E-state index contributed by atoms with van der Waals surface area (Å²) in [7, 11) is 2.13. The van der Waals surface area contributed by atoms with E-state index >= 15 is 0 Å². The number of nitrogens with zero attached hydrogens (tertiary/aromatic N) is 4. The number of hydrogen-bond acceptors (Lipinski definition) is 5. The van der Waals surface area contributed by atoms with Crippen LogP contribution in [0.2, 0.25) is 0 Å². The van der Waals surface area contributed by atoms with Crippen molar-refractivity contribution < 1.29 is 0 Å². The predicted molar refractivity (Wildman–Crippen MR) is 61.6 cm³/mol. The normalized spacial score (nSPS) is 18.0. The van der Waals surface area contributed by atoms with Crippen LogP contribution in [0.3, 0.4) is 0 Å². The number of likely N-dealkylation sites (N-methyl/N-ethyl adjacent to an activating group) is 1. The summed E-state index contributed by atoms with van der Waals surface area (Å²) >= 11 is 0. The molecule has 0 unspecified atom stereocenters. The molecular formula is C11H15N5. The molecule has 0 saturated carbocycles. The minimum Gasteiger partial charge on any atom is -0.317 e. The van der Waals surface area contributed by atoms with Crippen molar-refractivity contribution in [1.82, 2.24) is 14.9 Å². The van der Waals surface area contributed by atoms with Crippen molar-refractivity contribution in [3.05, 3.63) is 24.0 Å². The molecule has 0 amide bonds. The van der Waals surface area contributed by atoms with Crippen LogP contribution in [0.4, 0.5) is 5.69 Å². The molecule has 0 aliphatic carbocycles. The van der Waals surface area contributed by atoms with Crippen LogP contribution in [0.5, 0.6) is 0 Å². The van der Waals surface area contributed by atoms with Crippen molar-refractivity contribution in [2.24, 2.45) is 0 Å². The Morgan fingerprint density at radius 2 is 2.06 bits per heavy atom. The number of anilines is 1. The van der Waals surface area contributed by atoms with Crippen molar-refractivity contribution in [3.8, 4) is 6.07 Å². The summed E-state index contributed by atoms with van der Waals surface area (Å²) in [6.45, 7) is 4.13. The summed E-state index contributed by atoms with van der Waals surface area (Å²) in [5.74, 6) is 0. The highest BCUT2D eigenvalue weighted by molar-refractivity contribution is 5.41. The van der Waals surface area contributed by atoms with Crippen LogP contribution in [0.1, 0.15) is 5.69 Å². The van der Waals surface area contributed by atoms with E-state index in [9.17, 15) is 0 Å². The summed E-state index contributed by atoms with van der Waals surface area (Å²) in [5.41, 5.74) is 4.67. The lowest BCUT2D eigenvalue weighted by Crippen LogP contribution is -2.46. The fourth-order valence-electron chi connectivity index (χ4n) is 1.63. The van der Waals surface area contributed by atoms with E-state index in [1.807, 2.05) is 12.1 Å². The Kier molecular flexibility index (Phi) is 3.34. The standard InChI is InChI=1S/C11H15N5/c1-15-4-6-16(7-5-15)14-11-3-2-10(8-12)13-9-11/h2-3,9,14H,4-7H2,1H3. The van der Waals surface area contributed by atoms with E-state index in [1.165, 1.54) is 0 Å². The highest BCUT2D eigenvalue weighted by Crippen LogP contribution is 2.08. The first-order valence-electron chi connectivity index (χ1n) is 5.34. The molecule has 1 aromatic rings. The molecule has 0 radical (unpaired) electrons. The lowest BCUT2D eigenvalue weighted by atomic mass is 10.3. The number of hydrazine groups is 1. The summed E-state index contributed by atoms with van der Waals surface area (Å²) in [6, 6.07) is 5.60. The van der Waals surface area contributed by atoms with Crippen LogP contribution in [-0.2, 0) is 0 Å². The Morgan fingerprint density at radius 3 is 2.62 bits per heavy atom. The van der Waals surface area contributed by atoms with Crippen molar-refractivity contribution in [2.75, 3.05) is 38.7 Å². The molecule has 0 aromatic carbocycles. The van der Waals surface area contributed by atoms with E-state index in [-0.39, 0.29) is 0 Å². The zero-order chi connectivity index (χ0) is 11.4. The van der Waals surface area contributed by atoms with Crippen LogP contribution < -0.4 is 5.43 Å². The van der Waals surface area contributed by atoms with Gasteiger partial charge < -0.3 is 10.3 Å². The largest absolute Gasteiger partial charge is 0.317 e. The molecule has 1 aliphatic heterocycles. The zero-order valence-electron chi connectivity index (χ0n) is 9.35. The van der Waals surface area contributed by atoms with Crippen molar-refractivity contribution >= 4 is 5.69 Å². The van der Waals surface area contributed by atoms with Crippen molar-refractivity contribution in [3.63, 3.8) is 0 Å². The third-order valence-electron chi connectivity index (χ3n) is 2.67. The molecule has 1 aromatic heterocycles. The van der Waals surface area contributed by atoms with Gasteiger partial charge in [-0.05, 0) is 19.2 Å². The summed E-state index contributed by atoms with van der Waals surface area (Å²) < 4.78 is 0. The molecule has 1 N–H and O–H groups in total. The van der Waals surface area contributed by atoms with Gasteiger partial charge >= 0.3 is 0 Å². The van der Waals surface area contributed by atoms with Gasteiger partial charge in [-0.15, -0.1) is 0 Å². The first-order chi connectivity index (χ1) is 7.78.